The molecule has 2 aliphatic rings. The zero-order valence-electron chi connectivity index (χ0n) is 19.9. The molecule has 1 saturated carbocycles. The van der Waals surface area contributed by atoms with E-state index in [9.17, 15) is 13.6 Å². The molecule has 0 radical (unpaired) electrons. The van der Waals surface area contributed by atoms with E-state index in [1.165, 1.54) is 13.2 Å². The molecular formula is C26H29F2N3O4. The molecule has 5 rings (SSSR count). The minimum atomic E-state index is -3.07. The Kier molecular flexibility index (Phi) is 6.35. The monoisotopic (exact) mass is 485 g/mol. The molecule has 7 nitrogen and oxygen atoms in total. The van der Waals surface area contributed by atoms with Gasteiger partial charge < -0.3 is 19.5 Å². The molecule has 186 valence electrons. The highest BCUT2D eigenvalue weighted by Crippen LogP contribution is 2.40. The Morgan fingerprint density at radius 2 is 2.09 bits per heavy atom. The number of pyridine rings is 1. The number of nitrogens with one attached hydrogen (secondary N) is 1. The third kappa shape index (κ3) is 5.10. The molecule has 3 heterocycles. The highest BCUT2D eigenvalue weighted by molar-refractivity contribution is 6.02. The largest absolute Gasteiger partial charge is 0.496 e. The molecule has 1 aliphatic heterocycles. The number of carbonyl (C=O) groups excluding carboxylic acids is 1. The number of halogens is 2. The molecule has 35 heavy (non-hydrogen) atoms. The molecule has 2 aromatic heterocycles. The van der Waals surface area contributed by atoms with Crippen molar-refractivity contribution in [3.05, 3.63) is 42.2 Å². The van der Waals surface area contributed by atoms with Gasteiger partial charge in [0.1, 0.15) is 35.1 Å². The molecule has 3 aromatic rings. The van der Waals surface area contributed by atoms with Gasteiger partial charge in [0.2, 0.25) is 0 Å². The number of Topliss-reactive ketones (excluding diaryl/α,β-unsaturated/α-hetero) is 1. The van der Waals surface area contributed by atoms with Gasteiger partial charge in [-0.25, -0.2) is 4.98 Å². The van der Waals surface area contributed by atoms with Crippen LogP contribution in [0, 0.1) is 5.92 Å². The summed E-state index contributed by atoms with van der Waals surface area (Å²) in [5.74, 6) is 0.763. The average Bonchev–Trinajstić information content (AvgIpc) is 3.37. The van der Waals surface area contributed by atoms with Crippen molar-refractivity contribution in [2.75, 3.05) is 20.3 Å². The number of methoxy groups -OCH3 is 1. The molecule has 1 atom stereocenters. The van der Waals surface area contributed by atoms with Gasteiger partial charge in [0.25, 0.3) is 0 Å². The summed E-state index contributed by atoms with van der Waals surface area (Å²) in [7, 11) is 1.41. The quantitative estimate of drug-likeness (QED) is 0.402. The van der Waals surface area contributed by atoms with Gasteiger partial charge >= 0.3 is 6.61 Å². The summed E-state index contributed by atoms with van der Waals surface area (Å²) in [6.45, 7) is 0.630. The maximum atomic E-state index is 13.2. The first-order chi connectivity index (χ1) is 16.8. The van der Waals surface area contributed by atoms with Crippen LogP contribution >= 0.6 is 0 Å². The maximum Gasteiger partial charge on any atom is 0.387 e. The van der Waals surface area contributed by atoms with E-state index >= 15 is 0 Å². The lowest BCUT2D eigenvalue weighted by Crippen LogP contribution is -2.42. The van der Waals surface area contributed by atoms with Gasteiger partial charge in [0.15, 0.2) is 5.78 Å². The molecule has 1 aromatic carbocycles. The fourth-order valence-corrected chi connectivity index (χ4v) is 4.64. The fraction of sp³-hybridized carbons (Fsp3) is 0.462. The predicted molar refractivity (Wildman–Crippen MR) is 127 cm³/mol. The zero-order chi connectivity index (χ0) is 24.6. The van der Waals surface area contributed by atoms with E-state index in [-0.39, 0.29) is 28.4 Å². The lowest BCUT2D eigenvalue weighted by molar-refractivity contribution is -0.0502. The Balaban J connectivity index is 1.46. The molecular weight excluding hydrogens is 456 g/mol. The standard InChI is InChI=1S/C26H29F2N3O4/c1-26(7-3-8-30-26)15-34-18-6-9-31-19(14-29-23(31)13-18)17-11-21(33-2)24(20(32)10-16-4-5-16)22(12-17)35-25(27)28/h6,9,11-14,16,25,30H,3-5,7-8,10,15H2,1-2H3. The van der Waals surface area contributed by atoms with Crippen LogP contribution in [0.5, 0.6) is 17.2 Å². The number of nitrogens with zero attached hydrogens (tertiary/aromatic N) is 2. The van der Waals surface area contributed by atoms with Crippen molar-refractivity contribution in [2.24, 2.45) is 5.92 Å². The lowest BCUT2D eigenvalue weighted by atomic mass is 10.00. The number of hydrogen-bond donors (Lipinski definition) is 1. The molecule has 9 heteroatoms. The van der Waals surface area contributed by atoms with E-state index in [4.69, 9.17) is 14.2 Å². The SMILES string of the molecule is COc1cc(-c2cnc3cc(OCC4(C)CCCN4)ccn23)cc(OC(F)F)c1C(=O)CC1CC1. The van der Waals surface area contributed by atoms with Crippen LogP contribution in [0.2, 0.25) is 0 Å². The number of ketones is 1. The number of aromatic nitrogens is 2. The number of fused-ring (bicyclic) bond motifs is 1. The summed E-state index contributed by atoms with van der Waals surface area (Å²) >= 11 is 0. The zero-order valence-corrected chi connectivity index (χ0v) is 19.9. The van der Waals surface area contributed by atoms with E-state index in [0.717, 1.165) is 32.2 Å². The topological polar surface area (TPSA) is 74.1 Å². The van der Waals surface area contributed by atoms with Crippen molar-refractivity contribution in [3.8, 4) is 28.5 Å². The number of benzene rings is 1. The van der Waals surface area contributed by atoms with Crippen LogP contribution in [-0.2, 0) is 0 Å². The molecule has 1 aliphatic carbocycles. The summed E-state index contributed by atoms with van der Waals surface area (Å²) in [5.41, 5.74) is 1.86. The summed E-state index contributed by atoms with van der Waals surface area (Å²) in [4.78, 5) is 17.3. The molecule has 1 N–H and O–H groups in total. The Bertz CT molecular complexity index is 1230. The van der Waals surface area contributed by atoms with Crippen LogP contribution in [0.1, 0.15) is 49.4 Å². The Hall–Kier alpha value is -3.20. The van der Waals surface area contributed by atoms with Crippen molar-refractivity contribution < 1.29 is 27.8 Å². The first kappa shape index (κ1) is 23.5. The van der Waals surface area contributed by atoms with Crippen molar-refractivity contribution in [3.63, 3.8) is 0 Å². The van der Waals surface area contributed by atoms with E-state index in [1.807, 2.05) is 22.7 Å². The molecule has 0 amide bonds. The number of ether oxygens (including phenoxy) is 3. The fourth-order valence-electron chi connectivity index (χ4n) is 4.64. The average molecular weight is 486 g/mol. The smallest absolute Gasteiger partial charge is 0.387 e. The molecule has 2 fully saturated rings. The van der Waals surface area contributed by atoms with Gasteiger partial charge in [-0.3, -0.25) is 9.20 Å². The highest BCUT2D eigenvalue weighted by Gasteiger charge is 2.30. The lowest BCUT2D eigenvalue weighted by Gasteiger charge is -2.24. The Morgan fingerprint density at radius 1 is 1.29 bits per heavy atom. The molecule has 0 bridgehead atoms. The van der Waals surface area contributed by atoms with Crippen molar-refractivity contribution in [1.82, 2.24) is 14.7 Å². The first-order valence-electron chi connectivity index (χ1n) is 11.9. The van der Waals surface area contributed by atoms with Crippen LogP contribution < -0.4 is 19.5 Å². The predicted octanol–water partition coefficient (Wildman–Crippen LogP) is 5.12. The maximum absolute atomic E-state index is 13.2. The van der Waals surface area contributed by atoms with Crippen LogP contribution in [0.3, 0.4) is 0 Å². The third-order valence-electron chi connectivity index (χ3n) is 6.75. The van der Waals surface area contributed by atoms with Gasteiger partial charge in [0.05, 0.1) is 19.0 Å². The van der Waals surface area contributed by atoms with Gasteiger partial charge in [0, 0.05) is 29.8 Å². The second-order valence-corrected chi connectivity index (χ2v) is 9.61. The molecule has 1 saturated heterocycles. The van der Waals surface area contributed by atoms with Crippen molar-refractivity contribution in [1.29, 1.82) is 0 Å². The van der Waals surface area contributed by atoms with E-state index in [2.05, 4.69) is 17.2 Å². The van der Waals surface area contributed by atoms with Crippen molar-refractivity contribution >= 4 is 11.4 Å². The Labute approximate surface area is 202 Å². The van der Waals surface area contributed by atoms with Gasteiger partial charge in [-0.1, -0.05) is 0 Å². The summed E-state index contributed by atoms with van der Waals surface area (Å²) < 4.78 is 44.6. The second-order valence-electron chi connectivity index (χ2n) is 9.61. The molecule has 0 spiro atoms. The van der Waals surface area contributed by atoms with Gasteiger partial charge in [-0.15, -0.1) is 0 Å². The van der Waals surface area contributed by atoms with Crippen LogP contribution in [0.4, 0.5) is 8.78 Å². The normalized spacial score (nSPS) is 19.9. The van der Waals surface area contributed by atoms with Gasteiger partial charge in [-0.2, -0.15) is 8.78 Å². The minimum absolute atomic E-state index is 0.0386. The number of carbonyl (C=O) groups is 1. The molecule has 1 unspecified atom stereocenters. The Morgan fingerprint density at radius 3 is 2.77 bits per heavy atom. The van der Waals surface area contributed by atoms with Crippen LogP contribution in [-0.4, -0.2) is 47.6 Å². The number of hydrogen-bond acceptors (Lipinski definition) is 6. The van der Waals surface area contributed by atoms with Gasteiger partial charge in [-0.05, 0) is 63.3 Å². The van der Waals surface area contributed by atoms with Crippen LogP contribution in [0.25, 0.3) is 16.9 Å². The van der Waals surface area contributed by atoms with E-state index in [1.54, 1.807) is 12.3 Å². The third-order valence-corrected chi connectivity index (χ3v) is 6.75. The number of imidazole rings is 1. The number of rotatable bonds is 10. The van der Waals surface area contributed by atoms with E-state index in [0.29, 0.717) is 41.6 Å². The van der Waals surface area contributed by atoms with Crippen LogP contribution in [0.15, 0.2) is 36.7 Å². The number of alkyl halides is 2. The summed E-state index contributed by atoms with van der Waals surface area (Å²) in [5, 5.41) is 3.47. The minimum Gasteiger partial charge on any atom is -0.496 e. The highest BCUT2D eigenvalue weighted by atomic mass is 19.3. The summed E-state index contributed by atoms with van der Waals surface area (Å²) in [6.07, 6.45) is 7.90. The van der Waals surface area contributed by atoms with Crippen molar-refractivity contribution in [2.45, 2.75) is 51.2 Å². The first-order valence-corrected chi connectivity index (χ1v) is 11.9. The van der Waals surface area contributed by atoms with E-state index < -0.39 is 6.61 Å². The summed E-state index contributed by atoms with van der Waals surface area (Å²) in [6, 6.07) is 6.80. The second kappa shape index (κ2) is 9.45.